The van der Waals surface area contributed by atoms with E-state index in [1.165, 1.54) is 13.3 Å². The molecule has 15 heavy (non-hydrogen) atoms. The average molecular weight is 202 g/mol. The highest BCUT2D eigenvalue weighted by Crippen LogP contribution is 2.21. The largest absolute Gasteiger partial charge is 0.444 e. The zero-order valence-electron chi connectivity index (χ0n) is 8.23. The molecule has 0 saturated carbocycles. The van der Waals surface area contributed by atoms with Gasteiger partial charge in [-0.3, -0.25) is 4.79 Å². The van der Waals surface area contributed by atoms with Crippen molar-refractivity contribution in [1.82, 2.24) is 4.98 Å². The number of rotatable bonds is 2. The Bertz CT molecular complexity index is 463. The molecule has 76 valence electrons. The number of hydrogen-bond donors (Lipinski definition) is 1. The van der Waals surface area contributed by atoms with Crippen molar-refractivity contribution in [2.75, 3.05) is 5.32 Å². The van der Waals surface area contributed by atoms with Gasteiger partial charge in [0.15, 0.2) is 12.2 Å². The first-order valence-corrected chi connectivity index (χ1v) is 4.52. The van der Waals surface area contributed by atoms with Gasteiger partial charge < -0.3 is 9.73 Å². The van der Waals surface area contributed by atoms with Crippen LogP contribution in [0, 0.1) is 0 Å². The summed E-state index contributed by atoms with van der Waals surface area (Å²) in [6.45, 7) is 1.47. The van der Waals surface area contributed by atoms with E-state index in [0.717, 1.165) is 11.3 Å². The minimum Gasteiger partial charge on any atom is -0.444 e. The highest BCUT2D eigenvalue weighted by Gasteiger charge is 2.02. The van der Waals surface area contributed by atoms with Crippen LogP contribution in [0.1, 0.15) is 6.92 Å². The van der Waals surface area contributed by atoms with Crippen molar-refractivity contribution in [2.45, 2.75) is 6.92 Å². The van der Waals surface area contributed by atoms with Crippen LogP contribution in [0.25, 0.3) is 11.3 Å². The molecule has 2 aromatic rings. The first-order chi connectivity index (χ1) is 7.25. The molecule has 0 aliphatic carbocycles. The van der Waals surface area contributed by atoms with E-state index in [0.29, 0.717) is 5.76 Å². The minimum atomic E-state index is -0.0929. The van der Waals surface area contributed by atoms with Gasteiger partial charge in [-0.25, -0.2) is 4.98 Å². The maximum atomic E-state index is 10.9. The van der Waals surface area contributed by atoms with Gasteiger partial charge in [-0.1, -0.05) is 12.1 Å². The molecule has 0 bridgehead atoms. The fraction of sp³-hybridized carbons (Fsp3) is 0.0909. The van der Waals surface area contributed by atoms with Crippen molar-refractivity contribution < 1.29 is 9.21 Å². The number of carbonyl (C=O) groups is 1. The summed E-state index contributed by atoms with van der Waals surface area (Å²) < 4.78 is 5.16. The number of aromatic nitrogens is 1. The molecule has 0 saturated heterocycles. The number of benzene rings is 1. The Hall–Kier alpha value is -2.10. The molecule has 1 aromatic heterocycles. The van der Waals surface area contributed by atoms with Crippen molar-refractivity contribution in [3.8, 4) is 11.3 Å². The summed E-state index contributed by atoms with van der Waals surface area (Å²) in [4.78, 5) is 14.7. The number of carbonyl (C=O) groups excluding carboxylic acids is 1. The van der Waals surface area contributed by atoms with E-state index in [1.807, 2.05) is 24.3 Å². The molecular formula is C11H10N2O2. The van der Waals surface area contributed by atoms with Crippen molar-refractivity contribution >= 4 is 11.6 Å². The topological polar surface area (TPSA) is 55.1 Å². The normalized spacial score (nSPS) is 9.93. The number of oxazole rings is 1. The highest BCUT2D eigenvalue weighted by molar-refractivity contribution is 5.89. The molecule has 2 rings (SSSR count). The standard InChI is InChI=1S/C11H10N2O2/c1-8(14)13-10-4-2-3-9(5-10)11-6-12-7-15-11/h2-7H,1H3,(H,13,14). The Morgan fingerprint density at radius 3 is 3.00 bits per heavy atom. The molecule has 0 atom stereocenters. The van der Waals surface area contributed by atoms with Crippen LogP contribution in [0.15, 0.2) is 41.3 Å². The van der Waals surface area contributed by atoms with Crippen LogP contribution in [0.3, 0.4) is 0 Å². The number of nitrogens with zero attached hydrogens (tertiary/aromatic N) is 1. The molecule has 1 heterocycles. The predicted octanol–water partition coefficient (Wildman–Crippen LogP) is 2.30. The average Bonchev–Trinajstić information content (AvgIpc) is 2.69. The van der Waals surface area contributed by atoms with Gasteiger partial charge in [0.25, 0.3) is 0 Å². The third-order valence-corrected chi connectivity index (χ3v) is 1.90. The number of amides is 1. The molecule has 4 heteroatoms. The summed E-state index contributed by atoms with van der Waals surface area (Å²) in [6.07, 6.45) is 3.01. The fourth-order valence-corrected chi connectivity index (χ4v) is 1.31. The van der Waals surface area contributed by atoms with Gasteiger partial charge in [0.1, 0.15) is 0 Å². The van der Waals surface area contributed by atoms with Gasteiger partial charge in [-0.15, -0.1) is 0 Å². The Balaban J connectivity index is 2.31. The molecule has 0 spiro atoms. The van der Waals surface area contributed by atoms with Crippen LogP contribution < -0.4 is 5.32 Å². The summed E-state index contributed by atoms with van der Waals surface area (Å²) in [6, 6.07) is 7.40. The number of nitrogens with one attached hydrogen (secondary N) is 1. The maximum Gasteiger partial charge on any atom is 0.221 e. The van der Waals surface area contributed by atoms with E-state index in [1.54, 1.807) is 6.20 Å². The second kappa shape index (κ2) is 3.96. The molecule has 0 fully saturated rings. The monoisotopic (exact) mass is 202 g/mol. The number of anilines is 1. The second-order valence-corrected chi connectivity index (χ2v) is 3.13. The van der Waals surface area contributed by atoms with Crippen molar-refractivity contribution in [3.05, 3.63) is 36.9 Å². The lowest BCUT2D eigenvalue weighted by Gasteiger charge is -2.02. The lowest BCUT2D eigenvalue weighted by molar-refractivity contribution is -0.114. The molecule has 0 radical (unpaired) electrons. The lowest BCUT2D eigenvalue weighted by atomic mass is 10.1. The fourth-order valence-electron chi connectivity index (χ4n) is 1.31. The number of hydrogen-bond acceptors (Lipinski definition) is 3. The molecule has 1 N–H and O–H groups in total. The molecule has 4 nitrogen and oxygen atoms in total. The van der Waals surface area contributed by atoms with E-state index in [2.05, 4.69) is 10.3 Å². The first-order valence-electron chi connectivity index (χ1n) is 4.52. The molecule has 0 aliphatic heterocycles. The third-order valence-electron chi connectivity index (χ3n) is 1.90. The Morgan fingerprint density at radius 1 is 1.47 bits per heavy atom. The summed E-state index contributed by atoms with van der Waals surface area (Å²) in [5.41, 5.74) is 1.63. The van der Waals surface area contributed by atoms with Crippen LogP contribution in [0.4, 0.5) is 5.69 Å². The van der Waals surface area contributed by atoms with Crippen LogP contribution >= 0.6 is 0 Å². The molecule has 0 aliphatic rings. The van der Waals surface area contributed by atoms with Gasteiger partial charge in [0.2, 0.25) is 5.91 Å². The third kappa shape index (κ3) is 2.22. The van der Waals surface area contributed by atoms with Crippen LogP contribution in [-0.4, -0.2) is 10.9 Å². The zero-order chi connectivity index (χ0) is 10.7. The van der Waals surface area contributed by atoms with Crippen LogP contribution in [0.5, 0.6) is 0 Å². The first kappa shape index (κ1) is 9.45. The molecular weight excluding hydrogens is 192 g/mol. The van der Waals surface area contributed by atoms with Crippen molar-refractivity contribution in [2.24, 2.45) is 0 Å². The molecule has 1 aromatic carbocycles. The summed E-state index contributed by atoms with van der Waals surface area (Å²) in [5.74, 6) is 0.590. The lowest BCUT2D eigenvalue weighted by Crippen LogP contribution is -2.05. The van der Waals surface area contributed by atoms with Gasteiger partial charge in [-0.05, 0) is 12.1 Å². The van der Waals surface area contributed by atoms with E-state index in [-0.39, 0.29) is 5.91 Å². The van der Waals surface area contributed by atoms with E-state index >= 15 is 0 Å². The Morgan fingerprint density at radius 2 is 2.33 bits per heavy atom. The van der Waals surface area contributed by atoms with Gasteiger partial charge in [-0.2, -0.15) is 0 Å². The van der Waals surface area contributed by atoms with E-state index < -0.39 is 0 Å². The molecule has 1 amide bonds. The van der Waals surface area contributed by atoms with Gasteiger partial charge in [0.05, 0.1) is 6.20 Å². The van der Waals surface area contributed by atoms with E-state index in [9.17, 15) is 4.79 Å². The summed E-state index contributed by atoms with van der Waals surface area (Å²) in [7, 11) is 0. The maximum absolute atomic E-state index is 10.9. The zero-order valence-corrected chi connectivity index (χ0v) is 8.23. The summed E-state index contributed by atoms with van der Waals surface area (Å²) in [5, 5.41) is 2.71. The van der Waals surface area contributed by atoms with Crippen molar-refractivity contribution in [3.63, 3.8) is 0 Å². The van der Waals surface area contributed by atoms with Crippen LogP contribution in [-0.2, 0) is 4.79 Å². The Kier molecular flexibility index (Phi) is 2.49. The predicted molar refractivity (Wildman–Crippen MR) is 56.2 cm³/mol. The quantitative estimate of drug-likeness (QED) is 0.812. The Labute approximate surface area is 86.9 Å². The smallest absolute Gasteiger partial charge is 0.221 e. The van der Waals surface area contributed by atoms with Gasteiger partial charge in [0, 0.05) is 18.2 Å². The minimum absolute atomic E-state index is 0.0929. The summed E-state index contributed by atoms with van der Waals surface area (Å²) >= 11 is 0. The molecule has 0 unspecified atom stereocenters. The van der Waals surface area contributed by atoms with Crippen molar-refractivity contribution in [1.29, 1.82) is 0 Å². The van der Waals surface area contributed by atoms with E-state index in [4.69, 9.17) is 4.42 Å². The van der Waals surface area contributed by atoms with Crippen LogP contribution in [0.2, 0.25) is 0 Å². The SMILES string of the molecule is CC(=O)Nc1cccc(-c2cnco2)c1. The second-order valence-electron chi connectivity index (χ2n) is 3.13. The van der Waals surface area contributed by atoms with Gasteiger partial charge >= 0.3 is 0 Å². The highest BCUT2D eigenvalue weighted by atomic mass is 16.3.